The van der Waals surface area contributed by atoms with Crippen molar-refractivity contribution < 1.29 is 21.6 Å². The van der Waals surface area contributed by atoms with Gasteiger partial charge in [0.25, 0.3) is 15.9 Å². The van der Waals surface area contributed by atoms with Crippen LogP contribution in [0.5, 0.6) is 0 Å². The second-order valence-corrected chi connectivity index (χ2v) is 12.5. The minimum absolute atomic E-state index is 0.0518. The number of sulfonamides is 2. The van der Waals surface area contributed by atoms with E-state index in [1.807, 2.05) is 0 Å². The number of hydrogen-bond donors (Lipinski definition) is 1. The van der Waals surface area contributed by atoms with Gasteiger partial charge in [-0.2, -0.15) is 4.31 Å². The first-order valence-corrected chi connectivity index (χ1v) is 14.6. The molecule has 36 heavy (non-hydrogen) atoms. The van der Waals surface area contributed by atoms with Gasteiger partial charge in [-0.05, 0) is 67.4 Å². The highest BCUT2D eigenvalue weighted by Crippen LogP contribution is 2.24. The number of carbonyl (C=O) groups excluding carboxylic acids is 1. The van der Waals surface area contributed by atoms with E-state index in [-0.39, 0.29) is 15.4 Å². The molecule has 1 saturated heterocycles. The summed E-state index contributed by atoms with van der Waals surface area (Å²) >= 11 is 0. The van der Waals surface area contributed by atoms with Crippen molar-refractivity contribution >= 4 is 37.3 Å². The van der Waals surface area contributed by atoms with Gasteiger partial charge in [0.15, 0.2) is 0 Å². The Morgan fingerprint density at radius 1 is 0.778 bits per heavy atom. The van der Waals surface area contributed by atoms with Gasteiger partial charge >= 0.3 is 0 Å². The molecule has 3 aromatic rings. The van der Waals surface area contributed by atoms with E-state index in [0.717, 1.165) is 25.7 Å². The summed E-state index contributed by atoms with van der Waals surface area (Å²) < 4.78 is 54.8. The lowest BCUT2D eigenvalue weighted by atomic mass is 10.2. The molecule has 0 atom stereocenters. The number of hydrogen-bond acceptors (Lipinski definition) is 5. The molecule has 0 aromatic heterocycles. The summed E-state index contributed by atoms with van der Waals surface area (Å²) in [7, 11) is -5.98. The molecule has 1 heterocycles. The molecule has 4 rings (SSSR count). The van der Waals surface area contributed by atoms with E-state index < -0.39 is 26.0 Å². The molecular weight excluding hydrogens is 498 g/mol. The molecular formula is C26H29N3O5S2. The Labute approximate surface area is 212 Å². The van der Waals surface area contributed by atoms with Gasteiger partial charge in [0.05, 0.1) is 15.5 Å². The second kappa shape index (κ2) is 10.8. The molecule has 190 valence electrons. The van der Waals surface area contributed by atoms with E-state index in [4.69, 9.17) is 0 Å². The van der Waals surface area contributed by atoms with Gasteiger partial charge in [-0.25, -0.2) is 16.8 Å². The van der Waals surface area contributed by atoms with Crippen LogP contribution in [0.15, 0.2) is 88.7 Å². The molecule has 1 amide bonds. The average molecular weight is 528 g/mol. The maximum Gasteiger partial charge on any atom is 0.264 e. The Morgan fingerprint density at radius 3 is 2.06 bits per heavy atom. The van der Waals surface area contributed by atoms with E-state index in [9.17, 15) is 21.6 Å². The van der Waals surface area contributed by atoms with Gasteiger partial charge in [-0.1, -0.05) is 37.1 Å². The fourth-order valence-electron chi connectivity index (χ4n) is 4.08. The van der Waals surface area contributed by atoms with Crippen molar-refractivity contribution in [1.29, 1.82) is 0 Å². The highest BCUT2D eigenvalue weighted by Gasteiger charge is 2.26. The summed E-state index contributed by atoms with van der Waals surface area (Å²) in [5.41, 5.74) is 1.11. The quantitative estimate of drug-likeness (QED) is 0.493. The fraction of sp³-hybridized carbons (Fsp3) is 0.269. The molecule has 0 saturated carbocycles. The first-order chi connectivity index (χ1) is 17.2. The zero-order valence-electron chi connectivity index (χ0n) is 20.0. The number of rotatable bonds is 7. The van der Waals surface area contributed by atoms with E-state index in [2.05, 4.69) is 5.32 Å². The number of para-hydroxylation sites is 1. The molecule has 3 aromatic carbocycles. The van der Waals surface area contributed by atoms with Crippen molar-refractivity contribution in [3.8, 4) is 0 Å². The maximum atomic E-state index is 13.1. The van der Waals surface area contributed by atoms with Crippen LogP contribution in [0.4, 0.5) is 11.4 Å². The smallest absolute Gasteiger partial charge is 0.264 e. The van der Waals surface area contributed by atoms with Crippen molar-refractivity contribution in [2.24, 2.45) is 0 Å². The molecule has 1 N–H and O–H groups in total. The van der Waals surface area contributed by atoms with E-state index in [1.54, 1.807) is 42.5 Å². The van der Waals surface area contributed by atoms with Gasteiger partial charge < -0.3 is 5.32 Å². The monoisotopic (exact) mass is 527 g/mol. The van der Waals surface area contributed by atoms with Crippen LogP contribution in [0.3, 0.4) is 0 Å². The number of amides is 1. The minimum Gasteiger partial charge on any atom is -0.322 e. The number of anilines is 2. The van der Waals surface area contributed by atoms with Crippen molar-refractivity contribution in [3.63, 3.8) is 0 Å². The molecule has 0 bridgehead atoms. The first kappa shape index (κ1) is 25.9. The summed E-state index contributed by atoms with van der Waals surface area (Å²) in [5.74, 6) is -0.473. The van der Waals surface area contributed by atoms with E-state index in [0.29, 0.717) is 24.5 Å². The number of nitrogens with one attached hydrogen (secondary N) is 1. The zero-order valence-corrected chi connectivity index (χ0v) is 21.6. The molecule has 1 fully saturated rings. The van der Waals surface area contributed by atoms with Gasteiger partial charge in [0, 0.05) is 31.4 Å². The summed E-state index contributed by atoms with van der Waals surface area (Å²) in [6, 6.07) is 20.5. The zero-order chi connectivity index (χ0) is 25.8. The fourth-order valence-corrected chi connectivity index (χ4v) is 6.84. The summed E-state index contributed by atoms with van der Waals surface area (Å²) in [5, 5.41) is 2.71. The standard InChI is InChI=1S/C26H29N3O5S2/c1-28(23-11-5-4-6-12-23)35(31,32)24-16-14-21(15-17-24)26(30)27-22-10-9-13-25(20-22)36(33,34)29-18-7-2-3-8-19-29/h4-6,9-17,20H,2-3,7-8,18-19H2,1H3,(H,27,30). The Balaban J connectivity index is 1.48. The third kappa shape index (κ3) is 5.61. The maximum absolute atomic E-state index is 13.1. The third-order valence-corrected chi connectivity index (χ3v) is 9.88. The van der Waals surface area contributed by atoms with Crippen LogP contribution in [0, 0.1) is 0 Å². The van der Waals surface area contributed by atoms with Gasteiger partial charge in [-0.15, -0.1) is 0 Å². The van der Waals surface area contributed by atoms with E-state index in [1.165, 1.54) is 52.1 Å². The second-order valence-electron chi connectivity index (χ2n) is 8.63. The van der Waals surface area contributed by atoms with Gasteiger partial charge in [-0.3, -0.25) is 9.10 Å². The predicted molar refractivity (Wildman–Crippen MR) is 140 cm³/mol. The lowest BCUT2D eigenvalue weighted by Crippen LogP contribution is -2.32. The molecule has 10 heteroatoms. The van der Waals surface area contributed by atoms with Gasteiger partial charge in [0.1, 0.15) is 0 Å². The molecule has 0 aliphatic carbocycles. The van der Waals surface area contributed by atoms with Crippen LogP contribution in [0.25, 0.3) is 0 Å². The van der Waals surface area contributed by atoms with Crippen LogP contribution in [-0.4, -0.2) is 47.2 Å². The predicted octanol–water partition coefficient (Wildman–Crippen LogP) is 4.33. The third-order valence-electron chi connectivity index (χ3n) is 6.19. The topological polar surface area (TPSA) is 104 Å². The first-order valence-electron chi connectivity index (χ1n) is 11.8. The summed E-state index contributed by atoms with van der Waals surface area (Å²) in [6.45, 7) is 0.987. The van der Waals surface area contributed by atoms with Crippen molar-refractivity contribution in [2.75, 3.05) is 29.8 Å². The number of benzene rings is 3. The highest BCUT2D eigenvalue weighted by atomic mass is 32.2. The number of carbonyl (C=O) groups is 1. The van der Waals surface area contributed by atoms with Crippen LogP contribution >= 0.6 is 0 Å². The SMILES string of the molecule is CN(c1ccccc1)S(=O)(=O)c1ccc(C(=O)Nc2cccc(S(=O)(=O)N3CCCCCC3)c2)cc1. The minimum atomic E-state index is -3.80. The lowest BCUT2D eigenvalue weighted by molar-refractivity contribution is 0.102. The van der Waals surface area contributed by atoms with Crippen LogP contribution in [-0.2, 0) is 20.0 Å². The molecule has 0 unspecified atom stereocenters. The normalized spacial score (nSPS) is 15.1. The molecule has 8 nitrogen and oxygen atoms in total. The Morgan fingerprint density at radius 2 is 1.42 bits per heavy atom. The molecule has 0 radical (unpaired) electrons. The van der Waals surface area contributed by atoms with Crippen molar-refractivity contribution in [3.05, 3.63) is 84.4 Å². The van der Waals surface area contributed by atoms with Crippen molar-refractivity contribution in [2.45, 2.75) is 35.5 Å². The lowest BCUT2D eigenvalue weighted by Gasteiger charge is -2.20. The van der Waals surface area contributed by atoms with Gasteiger partial charge in [0.2, 0.25) is 10.0 Å². The van der Waals surface area contributed by atoms with Crippen LogP contribution < -0.4 is 9.62 Å². The van der Waals surface area contributed by atoms with E-state index >= 15 is 0 Å². The molecule has 0 spiro atoms. The Kier molecular flexibility index (Phi) is 7.77. The van der Waals surface area contributed by atoms with Crippen LogP contribution in [0.2, 0.25) is 0 Å². The van der Waals surface area contributed by atoms with Crippen LogP contribution in [0.1, 0.15) is 36.0 Å². The Bertz CT molecular complexity index is 1420. The number of nitrogens with zero attached hydrogens (tertiary/aromatic N) is 2. The average Bonchev–Trinajstić information content (AvgIpc) is 3.19. The summed E-state index contributed by atoms with van der Waals surface area (Å²) in [4.78, 5) is 13.0. The Hall–Kier alpha value is -3.21. The molecule has 1 aliphatic heterocycles. The summed E-state index contributed by atoms with van der Waals surface area (Å²) in [6.07, 6.45) is 3.71. The highest BCUT2D eigenvalue weighted by molar-refractivity contribution is 7.92. The molecule has 1 aliphatic rings. The largest absolute Gasteiger partial charge is 0.322 e. The van der Waals surface area contributed by atoms with Crippen molar-refractivity contribution in [1.82, 2.24) is 4.31 Å².